The third kappa shape index (κ3) is 0.801. The minimum absolute atomic E-state index is 0.239. The van der Waals surface area contributed by atoms with Crippen LogP contribution in [0, 0.1) is 0 Å². The van der Waals surface area contributed by atoms with Gasteiger partial charge in [-0.2, -0.15) is 0 Å². The molecule has 2 rings (SSSR count). The highest BCUT2D eigenvalue weighted by Gasteiger charge is 2.21. The fourth-order valence-electron chi connectivity index (χ4n) is 1.43. The molecule has 12 heavy (non-hydrogen) atoms. The number of rotatable bonds is 0. The number of phenolic OH excluding ortho intramolecular Hbond substituents is 1. The maximum absolute atomic E-state index is 9.41. The molecule has 1 aliphatic carbocycles. The van der Waals surface area contributed by atoms with Crippen LogP contribution in [-0.4, -0.2) is 5.11 Å². The molecule has 0 aliphatic heterocycles. The Balaban J connectivity index is 2.64. The second-order valence-electron chi connectivity index (χ2n) is 2.90. The van der Waals surface area contributed by atoms with Gasteiger partial charge in [-0.25, -0.2) is 0 Å². The van der Waals surface area contributed by atoms with Crippen LogP contribution in [0.4, 0.5) is 0 Å². The molecule has 1 unspecified atom stereocenters. The van der Waals surface area contributed by atoms with E-state index in [-0.39, 0.29) is 11.8 Å². The van der Waals surface area contributed by atoms with Crippen molar-refractivity contribution < 1.29 is 5.11 Å². The molecular weight excluding hydrogens is 152 g/mol. The van der Waals surface area contributed by atoms with E-state index >= 15 is 0 Å². The summed E-state index contributed by atoms with van der Waals surface area (Å²) >= 11 is 0. The van der Waals surface area contributed by atoms with E-state index in [1.54, 1.807) is 18.2 Å². The number of nitrogens with two attached hydrogens (primary N) is 2. The first kappa shape index (κ1) is 7.18. The Morgan fingerprint density at radius 3 is 2.75 bits per heavy atom. The molecule has 5 N–H and O–H groups in total. The number of fused-ring (bicyclic) bond motifs is 1. The second-order valence-corrected chi connectivity index (χ2v) is 2.90. The molecule has 0 amide bonds. The summed E-state index contributed by atoms with van der Waals surface area (Å²) in [5, 5.41) is 9.41. The molecule has 1 aliphatic rings. The van der Waals surface area contributed by atoms with Crippen molar-refractivity contribution in [2.24, 2.45) is 11.5 Å². The average molecular weight is 162 g/mol. The average Bonchev–Trinajstić information content (AvgIpc) is 2.32. The molecule has 0 saturated carbocycles. The van der Waals surface area contributed by atoms with Gasteiger partial charge in [-0.3, -0.25) is 0 Å². The minimum Gasteiger partial charge on any atom is -0.507 e. The van der Waals surface area contributed by atoms with Crippen molar-refractivity contribution in [3.63, 3.8) is 0 Å². The molecule has 3 heteroatoms. The van der Waals surface area contributed by atoms with Gasteiger partial charge in [0.2, 0.25) is 0 Å². The molecule has 62 valence electrons. The monoisotopic (exact) mass is 162 g/mol. The van der Waals surface area contributed by atoms with Gasteiger partial charge >= 0.3 is 0 Å². The van der Waals surface area contributed by atoms with Crippen molar-refractivity contribution in [1.82, 2.24) is 0 Å². The lowest BCUT2D eigenvalue weighted by Gasteiger charge is -2.06. The summed E-state index contributed by atoms with van der Waals surface area (Å²) in [5.41, 5.74) is 13.6. The van der Waals surface area contributed by atoms with E-state index < -0.39 is 0 Å². The Kier molecular flexibility index (Phi) is 1.35. The Morgan fingerprint density at radius 1 is 1.33 bits per heavy atom. The first-order valence-corrected chi connectivity index (χ1v) is 3.74. The highest BCUT2D eigenvalue weighted by atomic mass is 16.3. The summed E-state index contributed by atoms with van der Waals surface area (Å²) in [6.45, 7) is 0. The predicted octanol–water partition coefficient (Wildman–Crippen LogP) is 0.705. The number of phenols is 1. The van der Waals surface area contributed by atoms with E-state index in [4.69, 9.17) is 11.5 Å². The molecule has 0 radical (unpaired) electrons. The molecule has 0 heterocycles. The van der Waals surface area contributed by atoms with Crippen LogP contribution in [0.5, 0.6) is 5.75 Å². The Morgan fingerprint density at radius 2 is 2.08 bits per heavy atom. The van der Waals surface area contributed by atoms with Crippen LogP contribution in [0.15, 0.2) is 23.9 Å². The van der Waals surface area contributed by atoms with Crippen molar-refractivity contribution >= 4 is 6.08 Å². The molecule has 0 bridgehead atoms. The summed E-state index contributed by atoms with van der Waals surface area (Å²) in [7, 11) is 0. The van der Waals surface area contributed by atoms with Crippen LogP contribution in [0.2, 0.25) is 0 Å². The molecule has 1 aromatic rings. The Hall–Kier alpha value is -1.48. The van der Waals surface area contributed by atoms with Gasteiger partial charge in [-0.15, -0.1) is 0 Å². The summed E-state index contributed by atoms with van der Waals surface area (Å²) in [6.07, 6.45) is 1.72. The summed E-state index contributed by atoms with van der Waals surface area (Å²) in [5.74, 6) is 0.239. The van der Waals surface area contributed by atoms with Crippen LogP contribution in [0.3, 0.4) is 0 Å². The zero-order valence-corrected chi connectivity index (χ0v) is 6.49. The first-order chi connectivity index (χ1) is 5.70. The highest BCUT2D eigenvalue weighted by molar-refractivity contribution is 5.69. The van der Waals surface area contributed by atoms with Crippen LogP contribution in [0.1, 0.15) is 17.2 Å². The molecule has 0 saturated heterocycles. The lowest BCUT2D eigenvalue weighted by molar-refractivity contribution is 0.473. The molecule has 0 fully saturated rings. The highest BCUT2D eigenvalue weighted by Crippen LogP contribution is 2.34. The Labute approximate surface area is 70.3 Å². The quantitative estimate of drug-likeness (QED) is 0.526. The maximum Gasteiger partial charge on any atom is 0.123 e. The first-order valence-electron chi connectivity index (χ1n) is 3.74. The molecule has 1 aromatic carbocycles. The molecule has 3 nitrogen and oxygen atoms in total. The van der Waals surface area contributed by atoms with Crippen molar-refractivity contribution in [3.8, 4) is 5.75 Å². The van der Waals surface area contributed by atoms with Gasteiger partial charge in [0.25, 0.3) is 0 Å². The van der Waals surface area contributed by atoms with Gasteiger partial charge in [0.1, 0.15) is 5.75 Å². The van der Waals surface area contributed by atoms with E-state index in [1.165, 1.54) is 0 Å². The zero-order chi connectivity index (χ0) is 8.72. The van der Waals surface area contributed by atoms with E-state index in [2.05, 4.69) is 0 Å². The van der Waals surface area contributed by atoms with Gasteiger partial charge in [-0.1, -0.05) is 12.1 Å². The summed E-state index contributed by atoms with van der Waals surface area (Å²) in [4.78, 5) is 0. The fourth-order valence-corrected chi connectivity index (χ4v) is 1.43. The normalized spacial score (nSPS) is 20.4. The maximum atomic E-state index is 9.41. The predicted molar refractivity (Wildman–Crippen MR) is 47.2 cm³/mol. The van der Waals surface area contributed by atoms with Crippen molar-refractivity contribution in [2.75, 3.05) is 0 Å². The fraction of sp³-hybridized carbons (Fsp3) is 0.111. The standard InChI is InChI=1S/C9H10N2O/c10-7-4-6-5(9(7)11)2-1-3-8(6)12/h1-4,9,12H,10-11H2. The largest absolute Gasteiger partial charge is 0.507 e. The van der Waals surface area contributed by atoms with E-state index in [9.17, 15) is 5.11 Å². The molecule has 1 atom stereocenters. The lowest BCUT2D eigenvalue weighted by Crippen LogP contribution is -2.14. The number of benzene rings is 1. The van der Waals surface area contributed by atoms with Gasteiger partial charge in [0, 0.05) is 11.3 Å². The van der Waals surface area contributed by atoms with E-state index in [0.29, 0.717) is 5.70 Å². The van der Waals surface area contributed by atoms with Crippen molar-refractivity contribution in [3.05, 3.63) is 35.0 Å². The zero-order valence-electron chi connectivity index (χ0n) is 6.49. The van der Waals surface area contributed by atoms with Gasteiger partial charge in [-0.05, 0) is 17.7 Å². The number of hydrogen-bond donors (Lipinski definition) is 3. The van der Waals surface area contributed by atoms with E-state index in [0.717, 1.165) is 11.1 Å². The smallest absolute Gasteiger partial charge is 0.123 e. The SMILES string of the molecule is NC1=Cc2c(O)cccc2C1N. The van der Waals surface area contributed by atoms with Gasteiger partial charge < -0.3 is 16.6 Å². The van der Waals surface area contributed by atoms with Gasteiger partial charge in [0.15, 0.2) is 0 Å². The number of hydrogen-bond acceptors (Lipinski definition) is 3. The van der Waals surface area contributed by atoms with Crippen LogP contribution in [0.25, 0.3) is 6.08 Å². The second kappa shape index (κ2) is 2.25. The van der Waals surface area contributed by atoms with Crippen LogP contribution < -0.4 is 11.5 Å². The molecule has 0 spiro atoms. The van der Waals surface area contributed by atoms with Crippen molar-refractivity contribution in [1.29, 1.82) is 0 Å². The van der Waals surface area contributed by atoms with Crippen LogP contribution in [-0.2, 0) is 0 Å². The van der Waals surface area contributed by atoms with E-state index in [1.807, 2.05) is 6.07 Å². The lowest BCUT2D eigenvalue weighted by atomic mass is 10.1. The van der Waals surface area contributed by atoms with Crippen LogP contribution >= 0.6 is 0 Å². The van der Waals surface area contributed by atoms with Gasteiger partial charge in [0.05, 0.1) is 6.04 Å². The summed E-state index contributed by atoms with van der Waals surface area (Å²) < 4.78 is 0. The molecule has 0 aromatic heterocycles. The number of aromatic hydroxyl groups is 1. The minimum atomic E-state index is -0.257. The van der Waals surface area contributed by atoms with Crippen molar-refractivity contribution in [2.45, 2.75) is 6.04 Å². The summed E-state index contributed by atoms with van der Waals surface area (Å²) in [6, 6.07) is 5.00. The third-order valence-electron chi connectivity index (χ3n) is 2.12. The molecular formula is C9H10N2O. The third-order valence-corrected chi connectivity index (χ3v) is 2.12. The topological polar surface area (TPSA) is 72.3 Å². The Bertz CT molecular complexity index is 358.